The van der Waals surface area contributed by atoms with Crippen molar-refractivity contribution >= 4 is 11.0 Å². The number of fused-ring (bicyclic) bond motifs is 1. The molecule has 0 bridgehead atoms. The van der Waals surface area contributed by atoms with Crippen LogP contribution in [0.4, 0.5) is 0 Å². The Kier molecular flexibility index (Phi) is 3.48. The second-order valence-corrected chi connectivity index (χ2v) is 5.21. The molecule has 0 unspecified atom stereocenters. The summed E-state index contributed by atoms with van der Waals surface area (Å²) in [6.07, 6.45) is 0. The summed E-state index contributed by atoms with van der Waals surface area (Å²) in [5.41, 5.74) is -1.40. The van der Waals surface area contributed by atoms with E-state index in [2.05, 4.69) is 9.97 Å². The van der Waals surface area contributed by atoms with Gasteiger partial charge in [0.05, 0.1) is 12.8 Å². The van der Waals surface area contributed by atoms with Crippen LogP contribution in [-0.2, 0) is 14.1 Å². The van der Waals surface area contributed by atoms with E-state index in [1.54, 1.807) is 6.07 Å². The third-order valence-electron chi connectivity index (χ3n) is 3.79. The SMILES string of the molecule is COc1ccc(-c2nc(=O)[nH]c3c2c(=O)n(C)c(=O)n3C)cc1O. The van der Waals surface area contributed by atoms with Gasteiger partial charge >= 0.3 is 11.4 Å². The molecule has 124 valence electrons. The maximum absolute atomic E-state index is 12.5. The van der Waals surface area contributed by atoms with Gasteiger partial charge in [0.1, 0.15) is 11.0 Å². The van der Waals surface area contributed by atoms with Crippen molar-refractivity contribution in [3.63, 3.8) is 0 Å². The standard InChI is InChI=1S/C15H14N4O5/c1-18-12-10(13(21)19(2)15(18)23)11(16-14(22)17-12)7-4-5-9(24-3)8(20)6-7/h4-6,20H,1-3H3,(H,16,17,22). The molecule has 0 aliphatic carbocycles. The molecule has 2 aromatic heterocycles. The van der Waals surface area contributed by atoms with Gasteiger partial charge in [-0.2, -0.15) is 4.98 Å². The molecule has 9 heteroatoms. The predicted molar refractivity (Wildman–Crippen MR) is 86.5 cm³/mol. The Morgan fingerprint density at radius 2 is 1.88 bits per heavy atom. The van der Waals surface area contributed by atoms with Crippen LogP contribution in [0.3, 0.4) is 0 Å². The zero-order valence-corrected chi connectivity index (χ0v) is 13.2. The van der Waals surface area contributed by atoms with E-state index < -0.39 is 16.9 Å². The van der Waals surface area contributed by atoms with Crippen LogP contribution in [0, 0.1) is 0 Å². The zero-order valence-electron chi connectivity index (χ0n) is 13.2. The smallest absolute Gasteiger partial charge is 0.347 e. The summed E-state index contributed by atoms with van der Waals surface area (Å²) in [6.45, 7) is 0. The van der Waals surface area contributed by atoms with Gasteiger partial charge in [-0.3, -0.25) is 18.9 Å². The third-order valence-corrected chi connectivity index (χ3v) is 3.79. The Morgan fingerprint density at radius 3 is 2.50 bits per heavy atom. The molecule has 0 aliphatic rings. The lowest BCUT2D eigenvalue weighted by Gasteiger charge is -2.11. The average Bonchev–Trinajstić information content (AvgIpc) is 2.57. The molecule has 1 aromatic carbocycles. The van der Waals surface area contributed by atoms with Gasteiger partial charge in [0.15, 0.2) is 11.5 Å². The number of aromatic nitrogens is 4. The fourth-order valence-corrected chi connectivity index (χ4v) is 2.54. The molecule has 3 rings (SSSR count). The highest BCUT2D eigenvalue weighted by atomic mass is 16.5. The number of aryl methyl sites for hydroxylation is 1. The molecule has 24 heavy (non-hydrogen) atoms. The van der Waals surface area contributed by atoms with Crippen molar-refractivity contribution < 1.29 is 9.84 Å². The van der Waals surface area contributed by atoms with Crippen molar-refractivity contribution in [1.82, 2.24) is 19.1 Å². The minimum atomic E-state index is -0.712. The number of nitrogens with zero attached hydrogens (tertiary/aromatic N) is 3. The molecule has 0 spiro atoms. The number of rotatable bonds is 2. The van der Waals surface area contributed by atoms with Crippen molar-refractivity contribution in [2.45, 2.75) is 0 Å². The number of nitrogens with one attached hydrogen (secondary N) is 1. The van der Waals surface area contributed by atoms with Gasteiger partial charge in [0, 0.05) is 19.7 Å². The molecular formula is C15H14N4O5. The minimum Gasteiger partial charge on any atom is -0.504 e. The molecule has 0 amide bonds. The summed E-state index contributed by atoms with van der Waals surface area (Å²) in [4.78, 5) is 42.7. The first kappa shape index (κ1) is 15.5. The molecule has 0 aliphatic heterocycles. The number of aromatic amines is 1. The van der Waals surface area contributed by atoms with Gasteiger partial charge in [-0.15, -0.1) is 0 Å². The van der Waals surface area contributed by atoms with Crippen LogP contribution in [0.2, 0.25) is 0 Å². The van der Waals surface area contributed by atoms with Gasteiger partial charge in [-0.25, -0.2) is 9.59 Å². The normalized spacial score (nSPS) is 11.0. The lowest BCUT2D eigenvalue weighted by molar-refractivity contribution is 0.373. The summed E-state index contributed by atoms with van der Waals surface area (Å²) in [6, 6.07) is 4.39. The quantitative estimate of drug-likeness (QED) is 0.666. The number of methoxy groups -OCH3 is 1. The first-order valence-corrected chi connectivity index (χ1v) is 6.92. The molecule has 0 atom stereocenters. The minimum absolute atomic E-state index is 0.0633. The van der Waals surface area contributed by atoms with Crippen LogP contribution in [-0.4, -0.2) is 31.3 Å². The topological polar surface area (TPSA) is 119 Å². The van der Waals surface area contributed by atoms with Crippen molar-refractivity contribution in [2.75, 3.05) is 7.11 Å². The summed E-state index contributed by atoms with van der Waals surface area (Å²) >= 11 is 0. The predicted octanol–water partition coefficient (Wildman–Crippen LogP) is -0.298. The van der Waals surface area contributed by atoms with Gasteiger partial charge in [0.25, 0.3) is 5.56 Å². The van der Waals surface area contributed by atoms with E-state index in [9.17, 15) is 19.5 Å². The summed E-state index contributed by atoms with van der Waals surface area (Å²) < 4.78 is 7.06. The number of ether oxygens (including phenoxy) is 1. The van der Waals surface area contributed by atoms with Crippen LogP contribution in [0.5, 0.6) is 11.5 Å². The monoisotopic (exact) mass is 330 g/mol. The number of aromatic hydroxyl groups is 1. The fourth-order valence-electron chi connectivity index (χ4n) is 2.54. The van der Waals surface area contributed by atoms with Gasteiger partial charge in [-0.05, 0) is 18.2 Å². The van der Waals surface area contributed by atoms with E-state index in [0.717, 1.165) is 9.13 Å². The van der Waals surface area contributed by atoms with Gasteiger partial charge in [-0.1, -0.05) is 0 Å². The van der Waals surface area contributed by atoms with Crippen LogP contribution in [0.25, 0.3) is 22.3 Å². The van der Waals surface area contributed by atoms with Crippen molar-refractivity contribution in [3.8, 4) is 22.8 Å². The average molecular weight is 330 g/mol. The molecular weight excluding hydrogens is 316 g/mol. The van der Waals surface area contributed by atoms with Crippen molar-refractivity contribution in [3.05, 3.63) is 49.5 Å². The lowest BCUT2D eigenvalue weighted by Crippen LogP contribution is -2.38. The zero-order chi connectivity index (χ0) is 17.6. The van der Waals surface area contributed by atoms with E-state index in [1.165, 1.54) is 33.3 Å². The highest BCUT2D eigenvalue weighted by Gasteiger charge is 2.17. The van der Waals surface area contributed by atoms with E-state index in [1.807, 2.05) is 0 Å². The van der Waals surface area contributed by atoms with E-state index >= 15 is 0 Å². The number of benzene rings is 1. The van der Waals surface area contributed by atoms with Crippen molar-refractivity contribution in [1.29, 1.82) is 0 Å². The third kappa shape index (κ3) is 2.18. The van der Waals surface area contributed by atoms with E-state index in [-0.39, 0.29) is 28.2 Å². The number of hydrogen-bond donors (Lipinski definition) is 2. The molecule has 2 N–H and O–H groups in total. The van der Waals surface area contributed by atoms with Gasteiger partial charge < -0.3 is 9.84 Å². The highest BCUT2D eigenvalue weighted by Crippen LogP contribution is 2.31. The Labute approximate surface area is 134 Å². The number of hydrogen-bond acceptors (Lipinski definition) is 6. The molecule has 0 radical (unpaired) electrons. The van der Waals surface area contributed by atoms with Crippen LogP contribution in [0.15, 0.2) is 32.6 Å². The molecule has 9 nitrogen and oxygen atoms in total. The van der Waals surface area contributed by atoms with E-state index in [0.29, 0.717) is 5.56 Å². The highest BCUT2D eigenvalue weighted by molar-refractivity contribution is 5.89. The summed E-state index contributed by atoms with van der Waals surface area (Å²) in [5.74, 6) is 0.0834. The number of phenolic OH excluding ortho intramolecular Hbond substituents is 1. The molecule has 3 aromatic rings. The largest absolute Gasteiger partial charge is 0.504 e. The molecule has 2 heterocycles. The Balaban J connectivity index is 2.50. The Hall–Kier alpha value is -3.36. The molecule has 0 fully saturated rings. The summed E-state index contributed by atoms with van der Waals surface area (Å²) in [7, 11) is 4.18. The maximum atomic E-state index is 12.5. The molecule has 0 saturated carbocycles. The van der Waals surface area contributed by atoms with Crippen LogP contribution < -0.4 is 21.7 Å². The number of H-pyrrole nitrogens is 1. The lowest BCUT2D eigenvalue weighted by atomic mass is 10.1. The first-order valence-electron chi connectivity index (χ1n) is 6.92. The van der Waals surface area contributed by atoms with Gasteiger partial charge in [0.2, 0.25) is 0 Å². The summed E-state index contributed by atoms with van der Waals surface area (Å²) in [5, 5.41) is 10.0. The Morgan fingerprint density at radius 1 is 1.17 bits per heavy atom. The fraction of sp³-hybridized carbons (Fsp3) is 0.200. The molecule has 0 saturated heterocycles. The van der Waals surface area contributed by atoms with E-state index in [4.69, 9.17) is 4.74 Å². The van der Waals surface area contributed by atoms with Crippen molar-refractivity contribution in [2.24, 2.45) is 14.1 Å². The number of phenols is 1. The second-order valence-electron chi connectivity index (χ2n) is 5.21. The van der Waals surface area contributed by atoms with Crippen LogP contribution in [0.1, 0.15) is 0 Å². The first-order chi connectivity index (χ1) is 11.3. The maximum Gasteiger partial charge on any atom is 0.347 e. The van der Waals surface area contributed by atoms with Crippen LogP contribution >= 0.6 is 0 Å². The second kappa shape index (κ2) is 5.37. The Bertz CT molecular complexity index is 1140.